The van der Waals surface area contributed by atoms with Crippen molar-refractivity contribution in [1.29, 1.82) is 0 Å². The number of ether oxygens (including phenoxy) is 2. The second kappa shape index (κ2) is 5.89. The van der Waals surface area contributed by atoms with Crippen LogP contribution in [0.4, 0.5) is 0 Å². The van der Waals surface area contributed by atoms with E-state index in [4.69, 9.17) is 15.2 Å². The molecule has 1 rings (SSSR count). The van der Waals surface area contributed by atoms with Gasteiger partial charge >= 0.3 is 0 Å². The quantitative estimate of drug-likeness (QED) is 0.753. The first-order valence-electron chi connectivity index (χ1n) is 5.12. The van der Waals surface area contributed by atoms with Crippen LogP contribution in [-0.2, 0) is 4.79 Å². The van der Waals surface area contributed by atoms with Crippen molar-refractivity contribution < 1.29 is 19.1 Å². The van der Waals surface area contributed by atoms with Gasteiger partial charge in [-0.1, -0.05) is 0 Å². The number of primary amides is 1. The zero-order valence-corrected chi connectivity index (χ0v) is 9.86. The molecule has 5 heteroatoms. The lowest BCUT2D eigenvalue weighted by Crippen LogP contribution is -2.13. The molecule has 2 N–H and O–H groups in total. The van der Waals surface area contributed by atoms with Crippen LogP contribution >= 0.6 is 0 Å². The molecular formula is C12H15NO4. The van der Waals surface area contributed by atoms with Crippen molar-refractivity contribution in [2.45, 2.75) is 12.8 Å². The van der Waals surface area contributed by atoms with Crippen molar-refractivity contribution in [3.8, 4) is 11.5 Å². The van der Waals surface area contributed by atoms with Crippen LogP contribution in [0.1, 0.15) is 23.2 Å². The third-order valence-corrected chi connectivity index (χ3v) is 2.31. The van der Waals surface area contributed by atoms with E-state index in [9.17, 15) is 9.59 Å². The molecule has 0 bridgehead atoms. The number of amides is 1. The molecule has 0 saturated carbocycles. The van der Waals surface area contributed by atoms with E-state index in [0.29, 0.717) is 17.1 Å². The van der Waals surface area contributed by atoms with Gasteiger partial charge in [0, 0.05) is 12.8 Å². The molecule has 0 aliphatic carbocycles. The molecule has 0 atom stereocenters. The third kappa shape index (κ3) is 3.48. The molecule has 0 unspecified atom stereocenters. The minimum atomic E-state index is -0.500. The van der Waals surface area contributed by atoms with Crippen LogP contribution in [0.5, 0.6) is 11.5 Å². The van der Waals surface area contributed by atoms with Crippen molar-refractivity contribution in [3.63, 3.8) is 0 Å². The fourth-order valence-electron chi connectivity index (χ4n) is 1.40. The highest BCUT2D eigenvalue weighted by Crippen LogP contribution is 2.25. The normalized spacial score (nSPS) is 9.76. The van der Waals surface area contributed by atoms with Gasteiger partial charge in [-0.25, -0.2) is 0 Å². The smallest absolute Gasteiger partial charge is 0.217 e. The summed E-state index contributed by atoms with van der Waals surface area (Å²) in [6.45, 7) is 0. The minimum Gasteiger partial charge on any atom is -0.497 e. The van der Waals surface area contributed by atoms with Gasteiger partial charge in [0.1, 0.15) is 11.5 Å². The number of methoxy groups -OCH3 is 2. The maximum absolute atomic E-state index is 11.9. The fourth-order valence-corrected chi connectivity index (χ4v) is 1.40. The minimum absolute atomic E-state index is 0.0270. The van der Waals surface area contributed by atoms with Crippen molar-refractivity contribution in [2.75, 3.05) is 14.2 Å². The lowest BCUT2D eigenvalue weighted by molar-refractivity contribution is -0.118. The summed E-state index contributed by atoms with van der Waals surface area (Å²) in [5, 5.41) is 0. The number of ketones is 1. The van der Waals surface area contributed by atoms with E-state index in [1.54, 1.807) is 18.2 Å². The van der Waals surface area contributed by atoms with E-state index in [1.165, 1.54) is 14.2 Å². The van der Waals surface area contributed by atoms with Gasteiger partial charge in [-0.2, -0.15) is 0 Å². The zero-order valence-electron chi connectivity index (χ0n) is 9.86. The molecule has 0 aromatic heterocycles. The number of rotatable bonds is 6. The summed E-state index contributed by atoms with van der Waals surface area (Å²) in [5.74, 6) is 0.327. The molecule has 92 valence electrons. The molecular weight excluding hydrogens is 222 g/mol. The maximum Gasteiger partial charge on any atom is 0.217 e. The van der Waals surface area contributed by atoms with Crippen molar-refractivity contribution in [2.24, 2.45) is 5.73 Å². The van der Waals surface area contributed by atoms with E-state index in [-0.39, 0.29) is 18.6 Å². The number of carbonyl (C=O) groups excluding carboxylic acids is 2. The molecule has 0 saturated heterocycles. The zero-order chi connectivity index (χ0) is 12.8. The first kappa shape index (κ1) is 13.0. The van der Waals surface area contributed by atoms with Crippen LogP contribution < -0.4 is 15.2 Å². The molecule has 1 amide bonds. The summed E-state index contributed by atoms with van der Waals surface area (Å²) < 4.78 is 10.1. The van der Waals surface area contributed by atoms with Gasteiger partial charge in [-0.15, -0.1) is 0 Å². The van der Waals surface area contributed by atoms with Crippen LogP contribution in [0.15, 0.2) is 18.2 Å². The summed E-state index contributed by atoms with van der Waals surface area (Å²) in [6.07, 6.45) is 0.0953. The number of benzene rings is 1. The summed E-state index contributed by atoms with van der Waals surface area (Å²) >= 11 is 0. The molecule has 17 heavy (non-hydrogen) atoms. The average molecular weight is 237 g/mol. The molecule has 0 spiro atoms. The average Bonchev–Trinajstić information content (AvgIpc) is 2.34. The highest BCUT2D eigenvalue weighted by atomic mass is 16.5. The lowest BCUT2D eigenvalue weighted by atomic mass is 10.0. The monoisotopic (exact) mass is 237 g/mol. The second-order valence-corrected chi connectivity index (χ2v) is 3.46. The first-order valence-corrected chi connectivity index (χ1v) is 5.12. The number of carbonyl (C=O) groups is 2. The van der Waals surface area contributed by atoms with Crippen LogP contribution in [0.25, 0.3) is 0 Å². The Morgan fingerprint density at radius 2 is 1.88 bits per heavy atom. The third-order valence-electron chi connectivity index (χ3n) is 2.31. The van der Waals surface area contributed by atoms with Gasteiger partial charge in [-0.05, 0) is 18.2 Å². The molecule has 5 nitrogen and oxygen atoms in total. The SMILES string of the molecule is COc1ccc(OC)c(C(=O)CCC(N)=O)c1. The van der Waals surface area contributed by atoms with E-state index in [0.717, 1.165) is 0 Å². The Morgan fingerprint density at radius 1 is 1.18 bits per heavy atom. The van der Waals surface area contributed by atoms with Crippen LogP contribution in [-0.4, -0.2) is 25.9 Å². The Kier molecular flexibility index (Phi) is 4.51. The highest BCUT2D eigenvalue weighted by molar-refractivity contribution is 6.00. The number of hydrogen-bond acceptors (Lipinski definition) is 4. The van der Waals surface area contributed by atoms with Crippen molar-refractivity contribution >= 4 is 11.7 Å². The Morgan fingerprint density at radius 3 is 2.41 bits per heavy atom. The molecule has 1 aromatic rings. The first-order chi connectivity index (χ1) is 8.08. The lowest BCUT2D eigenvalue weighted by Gasteiger charge is -2.09. The predicted octanol–water partition coefficient (Wildman–Crippen LogP) is 1.15. The Bertz CT molecular complexity index is 429. The van der Waals surface area contributed by atoms with E-state index in [1.807, 2.05) is 0 Å². The van der Waals surface area contributed by atoms with Gasteiger partial charge in [0.15, 0.2) is 5.78 Å². The summed E-state index contributed by atoms with van der Waals surface area (Å²) in [7, 11) is 2.99. The van der Waals surface area contributed by atoms with Crippen LogP contribution in [0.2, 0.25) is 0 Å². The molecule has 0 heterocycles. The standard InChI is InChI=1S/C12H15NO4/c1-16-8-3-5-11(17-2)9(7-8)10(14)4-6-12(13)15/h3,5,7H,4,6H2,1-2H3,(H2,13,15). The maximum atomic E-state index is 11.9. The highest BCUT2D eigenvalue weighted by Gasteiger charge is 2.14. The van der Waals surface area contributed by atoms with Crippen molar-refractivity contribution in [3.05, 3.63) is 23.8 Å². The van der Waals surface area contributed by atoms with Gasteiger partial charge in [-0.3, -0.25) is 9.59 Å². The second-order valence-electron chi connectivity index (χ2n) is 3.46. The van der Waals surface area contributed by atoms with E-state index < -0.39 is 5.91 Å². The molecule has 0 aliphatic rings. The number of Topliss-reactive ketones (excluding diaryl/α,β-unsaturated/α-hetero) is 1. The van der Waals surface area contributed by atoms with Crippen molar-refractivity contribution in [1.82, 2.24) is 0 Å². The van der Waals surface area contributed by atoms with E-state index >= 15 is 0 Å². The number of nitrogens with two attached hydrogens (primary N) is 1. The Labute approximate surface area is 99.5 Å². The summed E-state index contributed by atoms with van der Waals surface area (Å²) in [4.78, 5) is 22.5. The Hall–Kier alpha value is -2.04. The molecule has 0 fully saturated rings. The summed E-state index contributed by atoms with van der Waals surface area (Å²) in [5.41, 5.74) is 5.39. The fraction of sp³-hybridized carbons (Fsp3) is 0.333. The van der Waals surface area contributed by atoms with Gasteiger partial charge in [0.05, 0.1) is 19.8 Å². The van der Waals surface area contributed by atoms with Crippen LogP contribution in [0.3, 0.4) is 0 Å². The van der Waals surface area contributed by atoms with Gasteiger partial charge < -0.3 is 15.2 Å². The molecule has 0 radical (unpaired) electrons. The number of hydrogen-bond donors (Lipinski definition) is 1. The van der Waals surface area contributed by atoms with Gasteiger partial charge in [0.2, 0.25) is 5.91 Å². The van der Waals surface area contributed by atoms with Crippen LogP contribution in [0, 0.1) is 0 Å². The largest absolute Gasteiger partial charge is 0.497 e. The summed E-state index contributed by atoms with van der Waals surface area (Å²) in [6, 6.07) is 4.93. The van der Waals surface area contributed by atoms with E-state index in [2.05, 4.69) is 0 Å². The van der Waals surface area contributed by atoms with Gasteiger partial charge in [0.25, 0.3) is 0 Å². The predicted molar refractivity (Wildman–Crippen MR) is 62.3 cm³/mol. The topological polar surface area (TPSA) is 78.6 Å². The molecule has 1 aromatic carbocycles. The molecule has 0 aliphatic heterocycles. The Balaban J connectivity index is 2.93.